The third-order valence-corrected chi connectivity index (χ3v) is 2.35. The van der Waals surface area contributed by atoms with Crippen molar-refractivity contribution < 1.29 is 19.1 Å². The minimum atomic E-state index is -1.14. The maximum Gasteiger partial charge on any atom is 0.326 e. The number of hydrogen-bond donors (Lipinski definition) is 2. The summed E-state index contributed by atoms with van der Waals surface area (Å²) in [5.74, 6) is -1.94. The van der Waals surface area contributed by atoms with Crippen molar-refractivity contribution in [2.45, 2.75) is 26.3 Å². The number of hydrogen-bond acceptors (Lipinski definition) is 2. The highest BCUT2D eigenvalue weighted by atomic mass is 19.1. The van der Waals surface area contributed by atoms with E-state index in [2.05, 4.69) is 5.32 Å². The molecule has 0 fully saturated rings. The molecular formula is C12H14FNO3. The molecule has 0 unspecified atom stereocenters. The van der Waals surface area contributed by atoms with Crippen LogP contribution >= 0.6 is 0 Å². The van der Waals surface area contributed by atoms with Gasteiger partial charge in [-0.25, -0.2) is 9.18 Å². The summed E-state index contributed by atoms with van der Waals surface area (Å²) in [6.07, 6.45) is 0.0616. The number of carbonyl (C=O) groups excluding carboxylic acids is 1. The molecule has 0 radical (unpaired) electrons. The largest absolute Gasteiger partial charge is 0.480 e. The molecule has 0 aromatic heterocycles. The number of carboxylic acids is 1. The molecule has 1 aromatic carbocycles. The summed E-state index contributed by atoms with van der Waals surface area (Å²) in [4.78, 5) is 21.7. The fourth-order valence-corrected chi connectivity index (χ4v) is 1.44. The first-order chi connectivity index (χ1) is 7.90. The second kappa shape index (κ2) is 5.43. The number of carboxylic acid groups (broad SMARTS) is 1. The lowest BCUT2D eigenvalue weighted by atomic mass is 10.0. The molecule has 1 rings (SSSR count). The van der Waals surface area contributed by atoms with E-state index < -0.39 is 17.9 Å². The number of halogens is 1. The fraction of sp³-hybridized carbons (Fsp3) is 0.333. The van der Waals surface area contributed by atoms with Crippen LogP contribution in [0.4, 0.5) is 4.39 Å². The second-order valence-electron chi connectivity index (χ2n) is 3.88. The molecular weight excluding hydrogens is 225 g/mol. The standard InChI is InChI=1S/C12H14FNO3/c1-7-3-4-9(5-10(7)13)6-11(12(16)17)14-8(2)15/h3-5,11H,6H2,1-2H3,(H,14,15)(H,16,17)/t11-/m0/s1. The summed E-state index contributed by atoms with van der Waals surface area (Å²) in [6, 6.07) is 3.48. The number of aliphatic carboxylic acids is 1. The van der Waals surface area contributed by atoms with Gasteiger partial charge in [0.2, 0.25) is 5.91 Å². The molecule has 2 N–H and O–H groups in total. The Morgan fingerprint density at radius 2 is 2.12 bits per heavy atom. The van der Waals surface area contributed by atoms with E-state index in [9.17, 15) is 14.0 Å². The van der Waals surface area contributed by atoms with Gasteiger partial charge in [-0.15, -0.1) is 0 Å². The van der Waals surface area contributed by atoms with Crippen molar-refractivity contribution in [3.63, 3.8) is 0 Å². The Kier molecular flexibility index (Phi) is 4.20. The van der Waals surface area contributed by atoms with Crippen LogP contribution in [0.3, 0.4) is 0 Å². The Balaban J connectivity index is 2.82. The minimum absolute atomic E-state index is 0.0616. The van der Waals surface area contributed by atoms with E-state index in [1.807, 2.05) is 0 Å². The van der Waals surface area contributed by atoms with Gasteiger partial charge in [0.05, 0.1) is 0 Å². The van der Waals surface area contributed by atoms with Crippen molar-refractivity contribution in [1.29, 1.82) is 0 Å². The molecule has 1 atom stereocenters. The van der Waals surface area contributed by atoms with Gasteiger partial charge in [-0.1, -0.05) is 12.1 Å². The summed E-state index contributed by atoms with van der Waals surface area (Å²) in [5, 5.41) is 11.2. The zero-order valence-corrected chi connectivity index (χ0v) is 9.66. The highest BCUT2D eigenvalue weighted by Crippen LogP contribution is 2.11. The van der Waals surface area contributed by atoms with E-state index >= 15 is 0 Å². The van der Waals surface area contributed by atoms with E-state index in [1.54, 1.807) is 19.1 Å². The number of nitrogens with one attached hydrogen (secondary N) is 1. The molecule has 4 nitrogen and oxygen atoms in total. The molecule has 92 valence electrons. The lowest BCUT2D eigenvalue weighted by Gasteiger charge is -2.13. The highest BCUT2D eigenvalue weighted by molar-refractivity contribution is 5.82. The second-order valence-corrected chi connectivity index (χ2v) is 3.88. The van der Waals surface area contributed by atoms with E-state index in [0.717, 1.165) is 0 Å². The molecule has 0 spiro atoms. The van der Waals surface area contributed by atoms with Crippen LogP contribution in [0.25, 0.3) is 0 Å². The van der Waals surface area contributed by atoms with Crippen molar-refractivity contribution in [2.75, 3.05) is 0 Å². The Hall–Kier alpha value is -1.91. The van der Waals surface area contributed by atoms with Gasteiger partial charge in [0.25, 0.3) is 0 Å². The van der Waals surface area contributed by atoms with Crippen LogP contribution in [0.5, 0.6) is 0 Å². The molecule has 0 heterocycles. The summed E-state index contributed by atoms with van der Waals surface area (Å²) < 4.78 is 13.3. The summed E-state index contributed by atoms with van der Waals surface area (Å²) in [6.45, 7) is 2.87. The van der Waals surface area contributed by atoms with Gasteiger partial charge in [0, 0.05) is 13.3 Å². The predicted molar refractivity (Wildman–Crippen MR) is 60.1 cm³/mol. The van der Waals surface area contributed by atoms with Gasteiger partial charge < -0.3 is 10.4 Å². The van der Waals surface area contributed by atoms with Crippen LogP contribution in [-0.2, 0) is 16.0 Å². The Labute approximate surface area is 98.5 Å². The Morgan fingerprint density at radius 1 is 1.47 bits per heavy atom. The van der Waals surface area contributed by atoms with Crippen molar-refractivity contribution in [3.05, 3.63) is 35.1 Å². The van der Waals surface area contributed by atoms with Crippen LogP contribution in [0, 0.1) is 12.7 Å². The number of carbonyl (C=O) groups is 2. The van der Waals surface area contributed by atoms with Crippen LogP contribution in [0.15, 0.2) is 18.2 Å². The third-order valence-electron chi connectivity index (χ3n) is 2.35. The molecule has 0 bridgehead atoms. The highest BCUT2D eigenvalue weighted by Gasteiger charge is 2.19. The zero-order chi connectivity index (χ0) is 13.0. The van der Waals surface area contributed by atoms with Gasteiger partial charge in [0.1, 0.15) is 11.9 Å². The average Bonchev–Trinajstić information content (AvgIpc) is 2.21. The van der Waals surface area contributed by atoms with Gasteiger partial charge in [-0.3, -0.25) is 4.79 Å². The third kappa shape index (κ3) is 3.86. The first kappa shape index (κ1) is 13.2. The van der Waals surface area contributed by atoms with E-state index in [-0.39, 0.29) is 12.2 Å². The first-order valence-electron chi connectivity index (χ1n) is 5.15. The number of amides is 1. The van der Waals surface area contributed by atoms with Crippen LogP contribution in [-0.4, -0.2) is 23.0 Å². The van der Waals surface area contributed by atoms with Gasteiger partial charge in [0.15, 0.2) is 0 Å². The minimum Gasteiger partial charge on any atom is -0.480 e. The molecule has 0 aliphatic heterocycles. The van der Waals surface area contributed by atoms with Crippen LogP contribution in [0.1, 0.15) is 18.1 Å². The van der Waals surface area contributed by atoms with Gasteiger partial charge >= 0.3 is 5.97 Å². The van der Waals surface area contributed by atoms with E-state index in [0.29, 0.717) is 11.1 Å². The van der Waals surface area contributed by atoms with E-state index in [4.69, 9.17) is 5.11 Å². The lowest BCUT2D eigenvalue weighted by molar-refractivity contribution is -0.141. The quantitative estimate of drug-likeness (QED) is 0.831. The maximum absolute atomic E-state index is 13.3. The molecule has 0 aliphatic rings. The molecule has 0 saturated heterocycles. The Bertz CT molecular complexity index is 445. The van der Waals surface area contributed by atoms with Gasteiger partial charge in [-0.2, -0.15) is 0 Å². The zero-order valence-electron chi connectivity index (χ0n) is 9.66. The fourth-order valence-electron chi connectivity index (χ4n) is 1.44. The number of rotatable bonds is 4. The summed E-state index contributed by atoms with van der Waals surface area (Å²) >= 11 is 0. The van der Waals surface area contributed by atoms with Crippen molar-refractivity contribution in [2.24, 2.45) is 0 Å². The average molecular weight is 239 g/mol. The predicted octanol–water partition coefficient (Wildman–Crippen LogP) is 1.27. The summed E-state index contributed by atoms with van der Waals surface area (Å²) in [5.41, 5.74) is 1.04. The topological polar surface area (TPSA) is 66.4 Å². The number of benzene rings is 1. The molecule has 1 amide bonds. The first-order valence-corrected chi connectivity index (χ1v) is 5.15. The van der Waals surface area contributed by atoms with E-state index in [1.165, 1.54) is 13.0 Å². The molecule has 0 saturated carbocycles. The summed E-state index contributed by atoms with van der Waals surface area (Å²) in [7, 11) is 0. The molecule has 17 heavy (non-hydrogen) atoms. The maximum atomic E-state index is 13.3. The monoisotopic (exact) mass is 239 g/mol. The SMILES string of the molecule is CC(=O)N[C@@H](Cc1ccc(C)c(F)c1)C(=O)O. The molecule has 1 aromatic rings. The lowest BCUT2D eigenvalue weighted by Crippen LogP contribution is -2.41. The molecule has 0 aliphatic carbocycles. The normalized spacial score (nSPS) is 11.9. The van der Waals surface area contributed by atoms with Crippen molar-refractivity contribution in [3.8, 4) is 0 Å². The van der Waals surface area contributed by atoms with Crippen molar-refractivity contribution in [1.82, 2.24) is 5.32 Å². The Morgan fingerprint density at radius 3 is 2.59 bits per heavy atom. The number of aryl methyl sites for hydroxylation is 1. The van der Waals surface area contributed by atoms with Crippen LogP contribution < -0.4 is 5.32 Å². The smallest absolute Gasteiger partial charge is 0.326 e. The molecule has 5 heteroatoms. The van der Waals surface area contributed by atoms with Crippen LogP contribution in [0.2, 0.25) is 0 Å². The van der Waals surface area contributed by atoms with Gasteiger partial charge in [-0.05, 0) is 24.1 Å². The van der Waals surface area contributed by atoms with Crippen molar-refractivity contribution >= 4 is 11.9 Å².